The van der Waals surface area contributed by atoms with E-state index < -0.39 is 5.97 Å². The summed E-state index contributed by atoms with van der Waals surface area (Å²) in [5.74, 6) is 6.21. The van der Waals surface area contributed by atoms with Crippen LogP contribution < -0.4 is 9.47 Å². The highest BCUT2D eigenvalue weighted by Gasteiger charge is 2.13. The molecule has 1 atom stereocenters. The second-order valence-corrected chi connectivity index (χ2v) is 5.98. The molecule has 0 heterocycles. The minimum absolute atomic E-state index is 0.00264. The lowest BCUT2D eigenvalue weighted by molar-refractivity contribution is -0.137. The van der Waals surface area contributed by atoms with E-state index in [2.05, 4.69) is 11.8 Å². The van der Waals surface area contributed by atoms with Gasteiger partial charge in [0.05, 0.1) is 25.6 Å². The molecular formula is C22H24O4. The van der Waals surface area contributed by atoms with Crippen molar-refractivity contribution < 1.29 is 19.4 Å². The molecule has 2 aromatic rings. The number of carbonyl (C=O) groups is 1. The molecule has 2 aromatic carbocycles. The van der Waals surface area contributed by atoms with Gasteiger partial charge in [-0.1, -0.05) is 30.2 Å². The summed E-state index contributed by atoms with van der Waals surface area (Å²) in [6.45, 7) is 4.89. The molecule has 0 radical (unpaired) electrons. The smallest absolute Gasteiger partial charge is 0.304 e. The Kier molecular flexibility index (Phi) is 7.57. The van der Waals surface area contributed by atoms with Crippen LogP contribution in [-0.2, 0) is 4.79 Å². The standard InChI is InChI=1S/C22H24O4/c1-3-6-19(16-22(23)24)18-9-11-20(12-10-18)25-13-5-14-26-21-8-4-7-17(2)15-21/h4,7-12,15,19H,5,13-14,16H2,1-2H3,(H,23,24). The van der Waals surface area contributed by atoms with Crippen LogP contribution >= 0.6 is 0 Å². The number of aliphatic carboxylic acids is 1. The number of hydrogen-bond donors (Lipinski definition) is 1. The molecule has 0 saturated heterocycles. The SMILES string of the molecule is CC#CC(CC(=O)O)c1ccc(OCCCOc2cccc(C)c2)cc1. The maximum Gasteiger partial charge on any atom is 0.304 e. The van der Waals surface area contributed by atoms with E-state index in [1.807, 2.05) is 55.5 Å². The molecule has 1 unspecified atom stereocenters. The van der Waals surface area contributed by atoms with Gasteiger partial charge >= 0.3 is 5.97 Å². The van der Waals surface area contributed by atoms with Crippen molar-refractivity contribution >= 4 is 5.97 Å². The molecule has 1 N–H and O–H groups in total. The second-order valence-electron chi connectivity index (χ2n) is 5.98. The zero-order chi connectivity index (χ0) is 18.8. The summed E-state index contributed by atoms with van der Waals surface area (Å²) in [6, 6.07) is 15.4. The normalized spacial score (nSPS) is 11.2. The first-order valence-corrected chi connectivity index (χ1v) is 8.65. The van der Waals surface area contributed by atoms with Crippen LogP contribution in [0.15, 0.2) is 48.5 Å². The lowest BCUT2D eigenvalue weighted by Gasteiger charge is -2.11. The van der Waals surface area contributed by atoms with Crippen LogP contribution in [0, 0.1) is 18.8 Å². The van der Waals surface area contributed by atoms with Gasteiger partial charge in [-0.15, -0.1) is 5.92 Å². The van der Waals surface area contributed by atoms with E-state index in [1.165, 1.54) is 5.56 Å². The number of rotatable bonds is 9. The van der Waals surface area contributed by atoms with Gasteiger partial charge in [0, 0.05) is 6.42 Å². The third-order valence-electron chi connectivity index (χ3n) is 3.80. The Hall–Kier alpha value is -2.93. The third-order valence-corrected chi connectivity index (χ3v) is 3.80. The Labute approximate surface area is 154 Å². The molecule has 0 saturated carbocycles. The molecule has 0 aromatic heterocycles. The fourth-order valence-electron chi connectivity index (χ4n) is 2.54. The number of hydrogen-bond acceptors (Lipinski definition) is 3. The number of aryl methyl sites for hydroxylation is 1. The lowest BCUT2D eigenvalue weighted by atomic mass is 9.96. The molecule has 136 valence electrons. The molecule has 0 amide bonds. The highest BCUT2D eigenvalue weighted by atomic mass is 16.5. The van der Waals surface area contributed by atoms with Crippen LogP contribution in [0.1, 0.15) is 36.8 Å². The molecule has 2 rings (SSSR count). The number of benzene rings is 2. The Morgan fingerprint density at radius 1 is 1.08 bits per heavy atom. The zero-order valence-electron chi connectivity index (χ0n) is 15.2. The minimum atomic E-state index is -0.855. The van der Waals surface area contributed by atoms with Crippen molar-refractivity contribution in [3.05, 3.63) is 59.7 Å². The maximum absolute atomic E-state index is 10.9. The summed E-state index contributed by atoms with van der Waals surface area (Å²) in [5, 5.41) is 8.99. The Balaban J connectivity index is 1.77. The average Bonchev–Trinajstić information content (AvgIpc) is 2.61. The van der Waals surface area contributed by atoms with Crippen molar-refractivity contribution in [2.45, 2.75) is 32.6 Å². The van der Waals surface area contributed by atoms with E-state index >= 15 is 0 Å². The predicted molar refractivity (Wildman–Crippen MR) is 102 cm³/mol. The fraction of sp³-hybridized carbons (Fsp3) is 0.318. The van der Waals surface area contributed by atoms with E-state index in [-0.39, 0.29) is 12.3 Å². The molecule has 4 nitrogen and oxygen atoms in total. The van der Waals surface area contributed by atoms with Crippen molar-refractivity contribution in [3.8, 4) is 23.3 Å². The van der Waals surface area contributed by atoms with E-state index in [4.69, 9.17) is 14.6 Å². The summed E-state index contributed by atoms with van der Waals surface area (Å²) < 4.78 is 11.4. The first-order chi connectivity index (χ1) is 12.6. The Morgan fingerprint density at radius 3 is 2.38 bits per heavy atom. The summed E-state index contributed by atoms with van der Waals surface area (Å²) in [6.07, 6.45) is 0.774. The molecule has 4 heteroatoms. The number of carboxylic acids is 1. The fourth-order valence-corrected chi connectivity index (χ4v) is 2.54. The van der Waals surface area contributed by atoms with E-state index in [9.17, 15) is 4.79 Å². The van der Waals surface area contributed by atoms with Gasteiger partial charge in [-0.05, 0) is 49.2 Å². The molecule has 0 aliphatic heterocycles. The van der Waals surface area contributed by atoms with Crippen LogP contribution in [0.4, 0.5) is 0 Å². The minimum Gasteiger partial charge on any atom is -0.493 e. The van der Waals surface area contributed by atoms with Gasteiger partial charge in [-0.2, -0.15) is 0 Å². The van der Waals surface area contributed by atoms with Crippen molar-refractivity contribution in [1.29, 1.82) is 0 Å². The van der Waals surface area contributed by atoms with Gasteiger partial charge in [0.15, 0.2) is 0 Å². The van der Waals surface area contributed by atoms with Gasteiger partial charge in [-0.3, -0.25) is 4.79 Å². The molecule has 0 aliphatic rings. The molecular weight excluding hydrogens is 328 g/mol. The van der Waals surface area contributed by atoms with Gasteiger partial charge in [-0.25, -0.2) is 0 Å². The Morgan fingerprint density at radius 2 is 1.77 bits per heavy atom. The van der Waals surface area contributed by atoms with Crippen molar-refractivity contribution in [2.75, 3.05) is 13.2 Å². The summed E-state index contributed by atoms with van der Waals surface area (Å²) >= 11 is 0. The van der Waals surface area contributed by atoms with Crippen LogP contribution in [0.3, 0.4) is 0 Å². The highest BCUT2D eigenvalue weighted by Crippen LogP contribution is 2.22. The van der Waals surface area contributed by atoms with Gasteiger partial charge in [0.25, 0.3) is 0 Å². The van der Waals surface area contributed by atoms with Crippen molar-refractivity contribution in [3.63, 3.8) is 0 Å². The van der Waals surface area contributed by atoms with Crippen LogP contribution in [0.5, 0.6) is 11.5 Å². The van der Waals surface area contributed by atoms with E-state index in [1.54, 1.807) is 6.92 Å². The Bertz CT molecular complexity index is 769. The highest BCUT2D eigenvalue weighted by molar-refractivity contribution is 5.69. The topological polar surface area (TPSA) is 55.8 Å². The molecule has 0 bridgehead atoms. The quantitative estimate of drug-likeness (QED) is 0.536. The first kappa shape index (κ1) is 19.4. The van der Waals surface area contributed by atoms with E-state index in [0.29, 0.717) is 13.2 Å². The molecule has 0 fully saturated rings. The number of carboxylic acid groups (broad SMARTS) is 1. The zero-order valence-corrected chi connectivity index (χ0v) is 15.2. The average molecular weight is 352 g/mol. The second kappa shape index (κ2) is 10.1. The van der Waals surface area contributed by atoms with Gasteiger partial charge < -0.3 is 14.6 Å². The lowest BCUT2D eigenvalue weighted by Crippen LogP contribution is -2.06. The van der Waals surface area contributed by atoms with Crippen LogP contribution in [0.25, 0.3) is 0 Å². The monoisotopic (exact) mass is 352 g/mol. The maximum atomic E-state index is 10.9. The summed E-state index contributed by atoms with van der Waals surface area (Å²) in [5.41, 5.74) is 2.06. The largest absolute Gasteiger partial charge is 0.493 e. The van der Waals surface area contributed by atoms with Crippen molar-refractivity contribution in [2.24, 2.45) is 0 Å². The number of ether oxygens (including phenoxy) is 2. The van der Waals surface area contributed by atoms with Crippen LogP contribution in [-0.4, -0.2) is 24.3 Å². The van der Waals surface area contributed by atoms with Crippen LogP contribution in [0.2, 0.25) is 0 Å². The predicted octanol–water partition coefficient (Wildman–Crippen LogP) is 4.42. The molecule has 26 heavy (non-hydrogen) atoms. The third kappa shape index (κ3) is 6.52. The summed E-state index contributed by atoms with van der Waals surface area (Å²) in [4.78, 5) is 10.9. The summed E-state index contributed by atoms with van der Waals surface area (Å²) in [7, 11) is 0. The van der Waals surface area contributed by atoms with E-state index in [0.717, 1.165) is 23.5 Å². The van der Waals surface area contributed by atoms with Gasteiger partial charge in [0.1, 0.15) is 11.5 Å². The van der Waals surface area contributed by atoms with Gasteiger partial charge in [0.2, 0.25) is 0 Å². The first-order valence-electron chi connectivity index (χ1n) is 8.65. The van der Waals surface area contributed by atoms with Crippen molar-refractivity contribution in [1.82, 2.24) is 0 Å². The molecule has 0 spiro atoms. The molecule has 0 aliphatic carbocycles.